The van der Waals surface area contributed by atoms with Crippen LogP contribution in [0.2, 0.25) is 0 Å². The Morgan fingerprint density at radius 2 is 2.11 bits per heavy atom. The van der Waals surface area contributed by atoms with E-state index in [9.17, 15) is 4.79 Å². The summed E-state index contributed by atoms with van der Waals surface area (Å²) in [6, 6.07) is 6.87. The van der Waals surface area contributed by atoms with Gasteiger partial charge in [0.05, 0.1) is 36.5 Å². The molecule has 0 fully saturated rings. The maximum absolute atomic E-state index is 11.9. The number of carbonyl (C=O) groups excluding carboxylic acids is 1. The van der Waals surface area contributed by atoms with Crippen LogP contribution in [-0.2, 0) is 9.53 Å². The molecule has 5 heteroatoms. The third-order valence-electron chi connectivity index (χ3n) is 2.74. The topological polar surface area (TPSA) is 71.3 Å². The third kappa shape index (κ3) is 4.27. The van der Waals surface area contributed by atoms with Crippen molar-refractivity contribution in [2.45, 2.75) is 25.9 Å². The number of hydrogen-bond acceptors (Lipinski definition) is 4. The second-order valence-corrected chi connectivity index (χ2v) is 4.72. The van der Waals surface area contributed by atoms with Crippen molar-refractivity contribution in [1.82, 2.24) is 0 Å². The van der Waals surface area contributed by atoms with E-state index in [1.807, 2.05) is 19.9 Å². The highest BCUT2D eigenvalue weighted by Gasteiger charge is 2.21. The first-order valence-electron chi connectivity index (χ1n) is 5.85. The normalized spacial score (nSPS) is 10.7. The van der Waals surface area contributed by atoms with Gasteiger partial charge in [0.1, 0.15) is 5.75 Å². The number of amides is 1. The summed E-state index contributed by atoms with van der Waals surface area (Å²) < 4.78 is 10.4. The molecule has 0 heterocycles. The second-order valence-electron chi connectivity index (χ2n) is 4.72. The molecule has 0 saturated heterocycles. The minimum absolute atomic E-state index is 0.171. The number of nitrogens with zero attached hydrogens (tertiary/aromatic N) is 1. The minimum Gasteiger partial charge on any atom is -0.495 e. The molecule has 1 N–H and O–H groups in total. The molecule has 0 aliphatic rings. The van der Waals surface area contributed by atoms with E-state index in [0.29, 0.717) is 17.0 Å². The zero-order valence-corrected chi connectivity index (χ0v) is 11.6. The summed E-state index contributed by atoms with van der Waals surface area (Å²) in [5.74, 6) is 0.289. The molecule has 0 unspecified atom stereocenters. The molecule has 1 amide bonds. The second kappa shape index (κ2) is 6.21. The van der Waals surface area contributed by atoms with Crippen LogP contribution in [0.15, 0.2) is 18.2 Å². The van der Waals surface area contributed by atoms with E-state index >= 15 is 0 Å². The van der Waals surface area contributed by atoms with E-state index in [2.05, 4.69) is 5.32 Å². The lowest BCUT2D eigenvalue weighted by Gasteiger charge is -2.22. The Kier molecular flexibility index (Phi) is 4.90. The number of ether oxygens (including phenoxy) is 2. The number of benzene rings is 1. The van der Waals surface area contributed by atoms with Crippen molar-refractivity contribution in [3.63, 3.8) is 0 Å². The van der Waals surface area contributed by atoms with E-state index in [-0.39, 0.29) is 12.3 Å². The lowest BCUT2D eigenvalue weighted by Crippen LogP contribution is -2.29. The zero-order chi connectivity index (χ0) is 14.5. The Hall–Kier alpha value is -2.06. The van der Waals surface area contributed by atoms with E-state index in [1.54, 1.807) is 25.3 Å². The monoisotopic (exact) mass is 262 g/mol. The van der Waals surface area contributed by atoms with Crippen LogP contribution in [0, 0.1) is 11.3 Å². The van der Waals surface area contributed by atoms with Crippen LogP contribution in [0.3, 0.4) is 0 Å². The number of anilines is 1. The van der Waals surface area contributed by atoms with Gasteiger partial charge in [-0.05, 0) is 26.0 Å². The largest absolute Gasteiger partial charge is 0.495 e. The van der Waals surface area contributed by atoms with Gasteiger partial charge >= 0.3 is 0 Å². The van der Waals surface area contributed by atoms with Gasteiger partial charge in [-0.3, -0.25) is 4.79 Å². The zero-order valence-electron chi connectivity index (χ0n) is 11.6. The van der Waals surface area contributed by atoms with Crippen LogP contribution in [0.1, 0.15) is 25.8 Å². The Balaban J connectivity index is 2.83. The van der Waals surface area contributed by atoms with Crippen LogP contribution in [0.4, 0.5) is 5.69 Å². The van der Waals surface area contributed by atoms with Gasteiger partial charge in [0.2, 0.25) is 5.91 Å². The standard InChI is InChI=1S/C14H18N2O3/c1-14(2,19-4)8-13(17)16-11-6-5-10(9-15)7-12(11)18-3/h5-7H,8H2,1-4H3,(H,16,17). The molecule has 0 saturated carbocycles. The number of rotatable bonds is 5. The summed E-state index contributed by atoms with van der Waals surface area (Å²) in [5.41, 5.74) is 0.495. The first kappa shape index (κ1) is 15.0. The Morgan fingerprint density at radius 1 is 1.42 bits per heavy atom. The van der Waals surface area contributed by atoms with E-state index in [0.717, 1.165) is 0 Å². The summed E-state index contributed by atoms with van der Waals surface area (Å²) in [7, 11) is 3.06. The summed E-state index contributed by atoms with van der Waals surface area (Å²) in [4.78, 5) is 11.9. The number of methoxy groups -OCH3 is 2. The lowest BCUT2D eigenvalue weighted by molar-refractivity contribution is -0.121. The van der Waals surface area contributed by atoms with Gasteiger partial charge < -0.3 is 14.8 Å². The molecule has 1 rings (SSSR count). The Morgan fingerprint density at radius 3 is 2.63 bits per heavy atom. The van der Waals surface area contributed by atoms with Crippen LogP contribution < -0.4 is 10.1 Å². The van der Waals surface area contributed by atoms with Crippen LogP contribution in [0.5, 0.6) is 5.75 Å². The lowest BCUT2D eigenvalue weighted by atomic mass is 10.0. The van der Waals surface area contributed by atoms with Crippen molar-refractivity contribution in [1.29, 1.82) is 5.26 Å². The van der Waals surface area contributed by atoms with Crippen molar-refractivity contribution in [3.8, 4) is 11.8 Å². The molecule has 19 heavy (non-hydrogen) atoms. The van der Waals surface area contributed by atoms with Crippen molar-refractivity contribution < 1.29 is 14.3 Å². The van der Waals surface area contributed by atoms with Crippen LogP contribution in [0.25, 0.3) is 0 Å². The first-order chi connectivity index (χ1) is 8.91. The maximum Gasteiger partial charge on any atom is 0.227 e. The smallest absolute Gasteiger partial charge is 0.227 e. The summed E-state index contributed by atoms with van der Waals surface area (Å²) in [6.07, 6.45) is 0.229. The van der Waals surface area contributed by atoms with Crippen molar-refractivity contribution in [2.75, 3.05) is 19.5 Å². The highest BCUT2D eigenvalue weighted by molar-refractivity contribution is 5.93. The Labute approximate surface area is 113 Å². The predicted octanol–water partition coefficient (Wildman–Crippen LogP) is 2.32. The molecule has 0 aliphatic heterocycles. The predicted molar refractivity (Wildman–Crippen MR) is 72.0 cm³/mol. The molecule has 102 valence electrons. The fourth-order valence-electron chi connectivity index (χ4n) is 1.52. The number of nitriles is 1. The SMILES string of the molecule is COc1cc(C#N)ccc1NC(=O)CC(C)(C)OC. The van der Waals surface area contributed by atoms with E-state index in [4.69, 9.17) is 14.7 Å². The van der Waals surface area contributed by atoms with E-state index < -0.39 is 5.60 Å². The third-order valence-corrected chi connectivity index (χ3v) is 2.74. The maximum atomic E-state index is 11.9. The average Bonchev–Trinajstić information content (AvgIpc) is 2.38. The molecular weight excluding hydrogens is 244 g/mol. The highest BCUT2D eigenvalue weighted by Crippen LogP contribution is 2.26. The molecular formula is C14H18N2O3. The number of carbonyl (C=O) groups is 1. The van der Waals surface area contributed by atoms with Gasteiger partial charge in [0.25, 0.3) is 0 Å². The van der Waals surface area contributed by atoms with Gasteiger partial charge in [0.15, 0.2) is 0 Å². The first-order valence-corrected chi connectivity index (χ1v) is 5.85. The summed E-state index contributed by atoms with van der Waals surface area (Å²) in [5, 5.41) is 11.6. The van der Waals surface area contributed by atoms with Crippen molar-refractivity contribution in [3.05, 3.63) is 23.8 Å². The Bertz CT molecular complexity index is 504. The molecule has 0 atom stereocenters. The molecule has 0 aromatic heterocycles. The van der Waals surface area contributed by atoms with Gasteiger partial charge in [0, 0.05) is 13.2 Å². The van der Waals surface area contributed by atoms with Gasteiger partial charge in [-0.25, -0.2) is 0 Å². The van der Waals surface area contributed by atoms with Gasteiger partial charge in [-0.1, -0.05) is 0 Å². The number of nitrogens with one attached hydrogen (secondary N) is 1. The molecule has 0 aliphatic carbocycles. The molecule has 1 aromatic rings. The number of hydrogen-bond donors (Lipinski definition) is 1. The fourth-order valence-corrected chi connectivity index (χ4v) is 1.52. The summed E-state index contributed by atoms with van der Waals surface area (Å²) >= 11 is 0. The highest BCUT2D eigenvalue weighted by atomic mass is 16.5. The minimum atomic E-state index is -0.524. The molecule has 1 aromatic carbocycles. The molecule has 5 nitrogen and oxygen atoms in total. The van der Waals surface area contributed by atoms with Gasteiger partial charge in [-0.15, -0.1) is 0 Å². The molecule has 0 bridgehead atoms. The quantitative estimate of drug-likeness (QED) is 0.884. The van der Waals surface area contributed by atoms with Crippen molar-refractivity contribution in [2.24, 2.45) is 0 Å². The summed E-state index contributed by atoms with van der Waals surface area (Å²) in [6.45, 7) is 3.67. The average molecular weight is 262 g/mol. The van der Waals surface area contributed by atoms with Crippen LogP contribution >= 0.6 is 0 Å². The van der Waals surface area contributed by atoms with E-state index in [1.165, 1.54) is 7.11 Å². The van der Waals surface area contributed by atoms with Crippen LogP contribution in [-0.4, -0.2) is 25.7 Å². The molecule has 0 spiro atoms. The fraction of sp³-hybridized carbons (Fsp3) is 0.429. The van der Waals surface area contributed by atoms with Crippen molar-refractivity contribution >= 4 is 11.6 Å². The molecule has 0 radical (unpaired) electrons. The van der Waals surface area contributed by atoms with Gasteiger partial charge in [-0.2, -0.15) is 5.26 Å².